The molecule has 4 nitrogen and oxygen atoms in total. The van der Waals surface area contributed by atoms with E-state index in [4.69, 9.17) is 10.5 Å². The highest BCUT2D eigenvalue weighted by Crippen LogP contribution is 2.39. The average molecular weight is 234 g/mol. The molecule has 17 heavy (non-hydrogen) atoms. The molecule has 2 rings (SSSR count). The smallest absolute Gasteiger partial charge is 0.242 e. The summed E-state index contributed by atoms with van der Waals surface area (Å²) in [4.78, 5) is 11.9. The number of likely N-dealkylation sites (N-methyl/N-ethyl adjacent to an activating group) is 1. The van der Waals surface area contributed by atoms with Crippen molar-refractivity contribution < 1.29 is 9.53 Å². The third-order valence-corrected chi connectivity index (χ3v) is 3.38. The van der Waals surface area contributed by atoms with E-state index < -0.39 is 5.54 Å². The van der Waals surface area contributed by atoms with Crippen LogP contribution in [0, 0.1) is 5.92 Å². The summed E-state index contributed by atoms with van der Waals surface area (Å²) >= 11 is 0. The standard InChI is InChI=1S/C13H18N2O2/c1-3-15-13(12(14)16)9(2)8-17-11-7-5-4-6-10(11)13/h4-7,9,15H,3,8H2,1-2H3,(H2,14,16). The molecule has 3 N–H and O–H groups in total. The van der Waals surface area contributed by atoms with Gasteiger partial charge in [0.1, 0.15) is 11.3 Å². The Morgan fingerprint density at radius 2 is 2.29 bits per heavy atom. The highest BCUT2D eigenvalue weighted by molar-refractivity contribution is 5.87. The van der Waals surface area contributed by atoms with Crippen LogP contribution in [0.4, 0.5) is 0 Å². The normalized spacial score (nSPS) is 27.1. The zero-order chi connectivity index (χ0) is 12.5. The summed E-state index contributed by atoms with van der Waals surface area (Å²) in [7, 11) is 0. The number of ether oxygens (including phenoxy) is 1. The summed E-state index contributed by atoms with van der Waals surface area (Å²) in [6.45, 7) is 5.12. The van der Waals surface area contributed by atoms with Crippen molar-refractivity contribution in [1.29, 1.82) is 0 Å². The lowest BCUT2D eigenvalue weighted by Crippen LogP contribution is -2.59. The summed E-state index contributed by atoms with van der Waals surface area (Å²) in [6.07, 6.45) is 0. The summed E-state index contributed by atoms with van der Waals surface area (Å²) in [5, 5.41) is 3.25. The van der Waals surface area contributed by atoms with Crippen molar-refractivity contribution in [3.63, 3.8) is 0 Å². The van der Waals surface area contributed by atoms with E-state index in [-0.39, 0.29) is 11.8 Å². The Morgan fingerprint density at radius 1 is 1.59 bits per heavy atom. The monoisotopic (exact) mass is 234 g/mol. The van der Waals surface area contributed by atoms with Crippen LogP contribution in [-0.4, -0.2) is 19.1 Å². The molecule has 92 valence electrons. The number of primary amides is 1. The van der Waals surface area contributed by atoms with Crippen molar-refractivity contribution in [3.8, 4) is 5.75 Å². The van der Waals surface area contributed by atoms with Gasteiger partial charge in [-0.25, -0.2) is 0 Å². The molecule has 1 aromatic rings. The highest BCUT2D eigenvalue weighted by atomic mass is 16.5. The van der Waals surface area contributed by atoms with E-state index >= 15 is 0 Å². The molecule has 0 spiro atoms. The van der Waals surface area contributed by atoms with Gasteiger partial charge in [-0.15, -0.1) is 0 Å². The van der Waals surface area contributed by atoms with Crippen LogP contribution in [0.3, 0.4) is 0 Å². The number of fused-ring (bicyclic) bond motifs is 1. The summed E-state index contributed by atoms with van der Waals surface area (Å²) in [5.74, 6) is 0.405. The molecule has 0 saturated heterocycles. The Balaban J connectivity index is 2.59. The molecule has 4 heteroatoms. The summed E-state index contributed by atoms with van der Waals surface area (Å²) < 4.78 is 5.64. The van der Waals surface area contributed by atoms with Gasteiger partial charge in [-0.1, -0.05) is 32.0 Å². The van der Waals surface area contributed by atoms with E-state index in [0.29, 0.717) is 13.2 Å². The minimum atomic E-state index is -0.816. The van der Waals surface area contributed by atoms with Crippen LogP contribution in [0.2, 0.25) is 0 Å². The fraction of sp³-hybridized carbons (Fsp3) is 0.462. The first-order valence-electron chi connectivity index (χ1n) is 5.90. The van der Waals surface area contributed by atoms with E-state index in [0.717, 1.165) is 11.3 Å². The minimum absolute atomic E-state index is 0.00912. The lowest BCUT2D eigenvalue weighted by Gasteiger charge is -2.41. The molecule has 2 unspecified atom stereocenters. The van der Waals surface area contributed by atoms with Crippen molar-refractivity contribution >= 4 is 5.91 Å². The first kappa shape index (κ1) is 11.9. The molecule has 2 atom stereocenters. The number of para-hydroxylation sites is 1. The molecule has 1 aliphatic rings. The molecular weight excluding hydrogens is 216 g/mol. The number of rotatable bonds is 3. The van der Waals surface area contributed by atoms with E-state index in [9.17, 15) is 4.79 Å². The molecule has 0 saturated carbocycles. The van der Waals surface area contributed by atoms with Gasteiger partial charge in [-0.2, -0.15) is 0 Å². The van der Waals surface area contributed by atoms with Crippen molar-refractivity contribution in [2.75, 3.05) is 13.2 Å². The second kappa shape index (κ2) is 4.37. The molecule has 0 radical (unpaired) electrons. The van der Waals surface area contributed by atoms with Gasteiger partial charge in [0.05, 0.1) is 6.61 Å². The van der Waals surface area contributed by atoms with E-state index in [1.54, 1.807) is 0 Å². The van der Waals surface area contributed by atoms with E-state index in [1.807, 2.05) is 38.1 Å². The fourth-order valence-electron chi connectivity index (χ4n) is 2.53. The van der Waals surface area contributed by atoms with E-state index in [2.05, 4.69) is 5.32 Å². The van der Waals surface area contributed by atoms with Gasteiger partial charge in [0.25, 0.3) is 0 Å². The lowest BCUT2D eigenvalue weighted by atomic mass is 9.76. The second-order valence-electron chi connectivity index (χ2n) is 4.41. The van der Waals surface area contributed by atoms with E-state index in [1.165, 1.54) is 0 Å². The largest absolute Gasteiger partial charge is 0.493 e. The third-order valence-electron chi connectivity index (χ3n) is 3.38. The quantitative estimate of drug-likeness (QED) is 0.820. The first-order chi connectivity index (χ1) is 8.13. The first-order valence-corrected chi connectivity index (χ1v) is 5.90. The average Bonchev–Trinajstić information content (AvgIpc) is 2.32. The number of benzene rings is 1. The Bertz CT molecular complexity index is 433. The lowest BCUT2D eigenvalue weighted by molar-refractivity contribution is -0.128. The number of hydrogen-bond acceptors (Lipinski definition) is 3. The van der Waals surface area contributed by atoms with Gasteiger partial charge in [-0.3, -0.25) is 10.1 Å². The van der Waals surface area contributed by atoms with Gasteiger partial charge >= 0.3 is 0 Å². The highest BCUT2D eigenvalue weighted by Gasteiger charge is 2.47. The molecular formula is C13H18N2O2. The van der Waals surface area contributed by atoms with Crippen LogP contribution in [0.1, 0.15) is 19.4 Å². The van der Waals surface area contributed by atoms with Crippen LogP contribution >= 0.6 is 0 Å². The van der Waals surface area contributed by atoms with Gasteiger partial charge < -0.3 is 10.5 Å². The van der Waals surface area contributed by atoms with Crippen LogP contribution in [0.15, 0.2) is 24.3 Å². The molecule has 0 aromatic heterocycles. The Kier molecular flexibility index (Phi) is 3.07. The number of amides is 1. The van der Waals surface area contributed by atoms with Crippen LogP contribution in [0.5, 0.6) is 5.75 Å². The maximum absolute atomic E-state index is 11.9. The molecule has 1 aromatic carbocycles. The van der Waals surface area contributed by atoms with Crippen molar-refractivity contribution in [1.82, 2.24) is 5.32 Å². The fourth-order valence-corrected chi connectivity index (χ4v) is 2.53. The molecule has 0 aliphatic carbocycles. The number of hydrogen-bond donors (Lipinski definition) is 2. The predicted molar refractivity (Wildman–Crippen MR) is 65.7 cm³/mol. The number of nitrogens with two attached hydrogens (primary N) is 1. The van der Waals surface area contributed by atoms with Crippen LogP contribution in [0.25, 0.3) is 0 Å². The van der Waals surface area contributed by atoms with Gasteiger partial charge in [0.2, 0.25) is 5.91 Å². The Morgan fingerprint density at radius 3 is 2.94 bits per heavy atom. The molecule has 1 amide bonds. The SMILES string of the molecule is CCNC1(C(N)=O)c2ccccc2OCC1C. The predicted octanol–water partition coefficient (Wildman–Crippen LogP) is 1.01. The van der Waals surface area contributed by atoms with Gasteiger partial charge in [0.15, 0.2) is 0 Å². The summed E-state index contributed by atoms with van der Waals surface area (Å²) in [6, 6.07) is 7.57. The number of carbonyl (C=O) groups excluding carboxylic acids is 1. The third kappa shape index (κ3) is 1.69. The molecule has 0 fully saturated rings. The topological polar surface area (TPSA) is 64.3 Å². The molecule has 0 bridgehead atoms. The van der Waals surface area contributed by atoms with Crippen LogP contribution in [-0.2, 0) is 10.3 Å². The molecule has 1 heterocycles. The van der Waals surface area contributed by atoms with Gasteiger partial charge in [-0.05, 0) is 12.6 Å². The Hall–Kier alpha value is -1.55. The van der Waals surface area contributed by atoms with Crippen molar-refractivity contribution in [2.24, 2.45) is 11.7 Å². The second-order valence-corrected chi connectivity index (χ2v) is 4.41. The molecule has 1 aliphatic heterocycles. The maximum atomic E-state index is 11.9. The van der Waals surface area contributed by atoms with Crippen molar-refractivity contribution in [2.45, 2.75) is 19.4 Å². The summed E-state index contributed by atoms with van der Waals surface area (Å²) in [5.41, 5.74) is 5.66. The Labute approximate surface area is 101 Å². The maximum Gasteiger partial charge on any atom is 0.242 e. The number of nitrogens with one attached hydrogen (secondary N) is 1. The zero-order valence-electron chi connectivity index (χ0n) is 10.2. The minimum Gasteiger partial charge on any atom is -0.493 e. The zero-order valence-corrected chi connectivity index (χ0v) is 10.2. The number of carbonyl (C=O) groups is 1. The van der Waals surface area contributed by atoms with Crippen molar-refractivity contribution in [3.05, 3.63) is 29.8 Å². The van der Waals surface area contributed by atoms with Gasteiger partial charge in [0, 0.05) is 11.5 Å². The van der Waals surface area contributed by atoms with Crippen LogP contribution < -0.4 is 15.8 Å².